The maximum atomic E-state index is 13.6. The minimum atomic E-state index is -0.517. The normalized spacial score (nSPS) is 14.8. The van der Waals surface area contributed by atoms with E-state index in [-0.39, 0.29) is 28.8 Å². The van der Waals surface area contributed by atoms with Crippen LogP contribution in [0, 0.1) is 0 Å². The molecule has 1 aliphatic rings. The van der Waals surface area contributed by atoms with Crippen LogP contribution in [0.1, 0.15) is 42.4 Å². The van der Waals surface area contributed by atoms with Crippen molar-refractivity contribution in [1.82, 2.24) is 19.7 Å². The lowest BCUT2D eigenvalue weighted by Crippen LogP contribution is -2.39. The van der Waals surface area contributed by atoms with Crippen molar-refractivity contribution in [2.24, 2.45) is 0 Å². The van der Waals surface area contributed by atoms with E-state index in [1.54, 1.807) is 17.0 Å². The van der Waals surface area contributed by atoms with Gasteiger partial charge in [0.25, 0.3) is 5.91 Å². The first-order chi connectivity index (χ1) is 16.5. The molecule has 3 heterocycles. The molecule has 35 heavy (non-hydrogen) atoms. The number of likely N-dealkylation sites (N-methyl/N-ethyl adjacent to an activating group) is 1. The molecule has 1 saturated heterocycles. The van der Waals surface area contributed by atoms with Crippen LogP contribution in [-0.2, 0) is 10.2 Å². The molecular weight excluding hydrogens is 488 g/mol. The van der Waals surface area contributed by atoms with Crippen LogP contribution in [0.5, 0.6) is 0 Å². The fraction of sp³-hybridized carbons (Fsp3) is 0.500. The molecule has 1 aliphatic heterocycles. The van der Waals surface area contributed by atoms with Crippen molar-refractivity contribution in [1.29, 1.82) is 0 Å². The first-order valence-electron chi connectivity index (χ1n) is 11.5. The molecule has 0 spiro atoms. The van der Waals surface area contributed by atoms with Gasteiger partial charge >= 0.3 is 6.03 Å². The van der Waals surface area contributed by atoms with Gasteiger partial charge < -0.3 is 20.0 Å². The minimum Gasteiger partial charge on any atom is -0.340 e. The molecule has 0 radical (unpaired) electrons. The zero-order valence-electron chi connectivity index (χ0n) is 20.9. The van der Waals surface area contributed by atoms with Crippen molar-refractivity contribution in [2.75, 3.05) is 57.5 Å². The van der Waals surface area contributed by atoms with E-state index in [1.165, 1.54) is 17.5 Å². The molecule has 0 saturated carbocycles. The molecule has 2 aromatic rings. The van der Waals surface area contributed by atoms with Crippen LogP contribution in [0.25, 0.3) is 0 Å². The number of hydrogen-bond donors (Lipinski definition) is 2. The molecule has 0 atom stereocenters. The Morgan fingerprint density at radius 2 is 1.94 bits per heavy atom. The van der Waals surface area contributed by atoms with Crippen LogP contribution in [-0.4, -0.2) is 84.3 Å². The van der Waals surface area contributed by atoms with E-state index in [1.807, 2.05) is 30.0 Å². The Kier molecular flexibility index (Phi) is 8.74. The lowest BCUT2D eigenvalue weighted by Gasteiger charge is -2.23. The fourth-order valence-corrected chi connectivity index (χ4v) is 4.81. The summed E-state index contributed by atoms with van der Waals surface area (Å²) in [5.41, 5.74) is 0.582. The molecular formula is C24H33ClN6O3S. The number of nitrogens with zero attached hydrogens (tertiary/aromatic N) is 4. The number of rotatable bonds is 6. The van der Waals surface area contributed by atoms with Gasteiger partial charge in [0.15, 0.2) is 5.15 Å². The second-order valence-electron chi connectivity index (χ2n) is 9.75. The number of anilines is 2. The monoisotopic (exact) mass is 520 g/mol. The number of aromatic nitrogens is 1. The highest BCUT2D eigenvalue weighted by atomic mass is 35.5. The van der Waals surface area contributed by atoms with Crippen LogP contribution < -0.4 is 10.6 Å². The largest absolute Gasteiger partial charge is 0.340 e. The number of carbonyl (C=O) groups is 3. The number of halogens is 1. The quantitative estimate of drug-likeness (QED) is 0.561. The van der Waals surface area contributed by atoms with E-state index in [2.05, 4.69) is 36.4 Å². The molecule has 4 amide bonds. The van der Waals surface area contributed by atoms with Gasteiger partial charge in [-0.1, -0.05) is 32.4 Å². The summed E-state index contributed by atoms with van der Waals surface area (Å²) in [4.78, 5) is 49.3. The van der Waals surface area contributed by atoms with Gasteiger partial charge in [0, 0.05) is 50.2 Å². The van der Waals surface area contributed by atoms with Crippen molar-refractivity contribution in [3.8, 4) is 0 Å². The van der Waals surface area contributed by atoms with E-state index in [4.69, 9.17) is 11.6 Å². The number of pyridine rings is 1. The Labute approximate surface area is 215 Å². The van der Waals surface area contributed by atoms with Gasteiger partial charge in [0.2, 0.25) is 5.91 Å². The number of thiophene rings is 1. The lowest BCUT2D eigenvalue weighted by molar-refractivity contribution is -0.130. The van der Waals surface area contributed by atoms with Gasteiger partial charge in [-0.3, -0.25) is 14.9 Å². The van der Waals surface area contributed by atoms with Gasteiger partial charge in [-0.25, -0.2) is 9.78 Å². The third-order valence-corrected chi connectivity index (χ3v) is 7.41. The maximum Gasteiger partial charge on any atom is 0.324 e. The fourth-order valence-electron chi connectivity index (χ4n) is 3.55. The highest BCUT2D eigenvalue weighted by molar-refractivity contribution is 7.16. The smallest absolute Gasteiger partial charge is 0.324 e. The molecule has 11 heteroatoms. The summed E-state index contributed by atoms with van der Waals surface area (Å²) in [5.74, 6) is -0.150. The first kappa shape index (κ1) is 26.9. The Hall–Kier alpha value is -2.69. The first-order valence-corrected chi connectivity index (χ1v) is 12.7. The summed E-state index contributed by atoms with van der Waals surface area (Å²) in [6, 6.07) is 4.64. The Morgan fingerprint density at radius 3 is 2.60 bits per heavy atom. The second-order valence-corrected chi connectivity index (χ2v) is 11.2. The van der Waals surface area contributed by atoms with Crippen LogP contribution in [0.4, 0.5) is 15.5 Å². The molecule has 0 bridgehead atoms. The van der Waals surface area contributed by atoms with Crippen molar-refractivity contribution in [3.05, 3.63) is 40.0 Å². The predicted octanol–water partition coefficient (Wildman–Crippen LogP) is 3.97. The highest BCUT2D eigenvalue weighted by Gasteiger charge is 2.29. The Morgan fingerprint density at radius 1 is 1.20 bits per heavy atom. The number of urea groups is 1. The summed E-state index contributed by atoms with van der Waals surface area (Å²) in [6.07, 6.45) is 1.81. The molecule has 1 fully saturated rings. The summed E-state index contributed by atoms with van der Waals surface area (Å²) >= 11 is 7.42. The Bertz CT molecular complexity index is 1080. The van der Waals surface area contributed by atoms with Gasteiger partial charge in [-0.2, -0.15) is 0 Å². The molecule has 2 N–H and O–H groups in total. The molecule has 190 valence electrons. The zero-order chi connectivity index (χ0) is 25.8. The predicted molar refractivity (Wildman–Crippen MR) is 141 cm³/mol. The Balaban J connectivity index is 1.79. The standard InChI is InChI=1S/C24H33ClN6O3S/c1-24(2,3)18-15-16(21(35-18)28-23(34)27-17-7-6-9-26-20(17)25)22(33)31-10-8-19(32)30(13-14-31)12-11-29(4)5/h6-7,9,15H,8,10-14H2,1-5H3,(H2,27,28,34). The van der Waals surface area contributed by atoms with Crippen LogP contribution >= 0.6 is 22.9 Å². The summed E-state index contributed by atoms with van der Waals surface area (Å²) in [7, 11) is 3.93. The molecule has 2 aromatic heterocycles. The van der Waals surface area contributed by atoms with E-state index in [9.17, 15) is 14.4 Å². The molecule has 9 nitrogen and oxygen atoms in total. The van der Waals surface area contributed by atoms with Crippen LogP contribution in [0.3, 0.4) is 0 Å². The second kappa shape index (κ2) is 11.4. The average molecular weight is 521 g/mol. The van der Waals surface area contributed by atoms with Crippen LogP contribution in [0.15, 0.2) is 24.4 Å². The third-order valence-electron chi connectivity index (χ3n) is 5.63. The third kappa shape index (κ3) is 7.16. The van der Waals surface area contributed by atoms with Crippen molar-refractivity contribution >= 4 is 51.5 Å². The molecule has 0 aromatic carbocycles. The van der Waals surface area contributed by atoms with Crippen molar-refractivity contribution in [3.63, 3.8) is 0 Å². The summed E-state index contributed by atoms with van der Waals surface area (Å²) < 4.78 is 0. The number of amides is 4. The van der Waals surface area contributed by atoms with E-state index in [0.717, 1.165) is 11.4 Å². The zero-order valence-corrected chi connectivity index (χ0v) is 22.4. The maximum absolute atomic E-state index is 13.6. The number of hydrogen-bond acceptors (Lipinski definition) is 6. The van der Waals surface area contributed by atoms with E-state index in [0.29, 0.717) is 42.4 Å². The van der Waals surface area contributed by atoms with E-state index >= 15 is 0 Å². The van der Waals surface area contributed by atoms with Crippen LogP contribution in [0.2, 0.25) is 5.15 Å². The highest BCUT2D eigenvalue weighted by Crippen LogP contribution is 2.37. The van der Waals surface area contributed by atoms with Gasteiger partial charge in [-0.15, -0.1) is 11.3 Å². The summed E-state index contributed by atoms with van der Waals surface area (Å²) in [6.45, 7) is 8.83. The number of nitrogens with one attached hydrogen (secondary N) is 2. The SMILES string of the molecule is CN(C)CCN1CCN(C(=O)c2cc(C(C)(C)C)sc2NC(=O)Nc2cccnc2Cl)CCC1=O. The number of carbonyl (C=O) groups excluding carboxylic acids is 3. The summed E-state index contributed by atoms with van der Waals surface area (Å²) in [5, 5.41) is 6.13. The van der Waals surface area contributed by atoms with Gasteiger partial charge in [-0.05, 0) is 37.7 Å². The van der Waals surface area contributed by atoms with Gasteiger partial charge in [0.05, 0.1) is 11.3 Å². The minimum absolute atomic E-state index is 0.0499. The average Bonchev–Trinajstić information content (AvgIpc) is 3.11. The van der Waals surface area contributed by atoms with E-state index < -0.39 is 6.03 Å². The van der Waals surface area contributed by atoms with Crippen molar-refractivity contribution < 1.29 is 14.4 Å². The topological polar surface area (TPSA) is 97.9 Å². The molecule has 3 rings (SSSR count). The van der Waals surface area contributed by atoms with Crippen molar-refractivity contribution in [2.45, 2.75) is 32.6 Å². The van der Waals surface area contributed by atoms with Gasteiger partial charge in [0.1, 0.15) is 5.00 Å². The lowest BCUT2D eigenvalue weighted by atomic mass is 9.94. The molecule has 0 unspecified atom stereocenters. The molecule has 0 aliphatic carbocycles.